The number of rotatable bonds is 0. The van der Waals surface area contributed by atoms with E-state index in [9.17, 15) is 9.90 Å². The summed E-state index contributed by atoms with van der Waals surface area (Å²) in [7, 11) is 0. The number of benzene rings is 3. The van der Waals surface area contributed by atoms with E-state index in [-0.39, 0.29) is 11.2 Å². The summed E-state index contributed by atoms with van der Waals surface area (Å²) in [6, 6.07) is 16.0. The largest absolute Gasteiger partial charge is 0.508 e. The van der Waals surface area contributed by atoms with E-state index in [1.54, 1.807) is 12.1 Å². The van der Waals surface area contributed by atoms with Crippen LogP contribution in [0.3, 0.4) is 0 Å². The van der Waals surface area contributed by atoms with Gasteiger partial charge in [-0.3, -0.25) is 4.79 Å². The van der Waals surface area contributed by atoms with Gasteiger partial charge in [0.25, 0.3) is 0 Å². The van der Waals surface area contributed by atoms with E-state index in [1.165, 1.54) is 12.1 Å². The molecule has 1 N–H and O–H groups in total. The third-order valence-corrected chi connectivity index (χ3v) is 3.55. The Hall–Kier alpha value is -2.81. The van der Waals surface area contributed by atoms with Crippen LogP contribution in [0.2, 0.25) is 0 Å². The van der Waals surface area contributed by atoms with Crippen LogP contribution in [0.25, 0.3) is 32.7 Å². The molecule has 0 amide bonds. The highest BCUT2D eigenvalue weighted by Gasteiger charge is 2.10. The molecular weight excluding hydrogens is 252 g/mol. The second-order valence-electron chi connectivity index (χ2n) is 4.77. The third kappa shape index (κ3) is 1.43. The van der Waals surface area contributed by atoms with E-state index in [2.05, 4.69) is 0 Å². The molecule has 0 radical (unpaired) electrons. The van der Waals surface area contributed by atoms with Crippen LogP contribution < -0.4 is 5.43 Å². The summed E-state index contributed by atoms with van der Waals surface area (Å²) >= 11 is 0. The first-order valence-electron chi connectivity index (χ1n) is 6.31. The molecule has 4 rings (SSSR count). The normalized spacial score (nSPS) is 11.4. The highest BCUT2D eigenvalue weighted by molar-refractivity contribution is 6.08. The number of fused-ring (bicyclic) bond motifs is 4. The van der Waals surface area contributed by atoms with Crippen LogP contribution in [0.4, 0.5) is 0 Å². The summed E-state index contributed by atoms with van der Waals surface area (Å²) < 4.78 is 5.76. The molecule has 0 fully saturated rings. The maximum absolute atomic E-state index is 12.7. The van der Waals surface area contributed by atoms with Crippen molar-refractivity contribution in [3.63, 3.8) is 0 Å². The van der Waals surface area contributed by atoms with Crippen molar-refractivity contribution in [3.8, 4) is 5.75 Å². The molecule has 0 unspecified atom stereocenters. The van der Waals surface area contributed by atoms with Gasteiger partial charge in [-0.15, -0.1) is 0 Å². The van der Waals surface area contributed by atoms with Crippen molar-refractivity contribution in [2.24, 2.45) is 0 Å². The van der Waals surface area contributed by atoms with Crippen LogP contribution in [-0.4, -0.2) is 5.11 Å². The Morgan fingerprint density at radius 1 is 0.850 bits per heavy atom. The summed E-state index contributed by atoms with van der Waals surface area (Å²) in [5.41, 5.74) is 0.864. The van der Waals surface area contributed by atoms with Gasteiger partial charge in [-0.1, -0.05) is 30.3 Å². The van der Waals surface area contributed by atoms with Crippen molar-refractivity contribution >= 4 is 32.7 Å². The van der Waals surface area contributed by atoms with Crippen LogP contribution in [0.5, 0.6) is 5.75 Å². The molecule has 0 saturated carbocycles. The Balaban J connectivity index is 2.33. The van der Waals surface area contributed by atoms with Crippen molar-refractivity contribution in [2.75, 3.05) is 0 Å². The lowest BCUT2D eigenvalue weighted by Gasteiger charge is -2.05. The minimum absolute atomic E-state index is 0.0712. The molecule has 3 aromatic carbocycles. The van der Waals surface area contributed by atoms with Gasteiger partial charge in [0.15, 0.2) is 0 Å². The summed E-state index contributed by atoms with van der Waals surface area (Å²) in [4.78, 5) is 12.7. The lowest BCUT2D eigenvalue weighted by Crippen LogP contribution is -2.02. The number of hydrogen-bond donors (Lipinski definition) is 1. The van der Waals surface area contributed by atoms with Gasteiger partial charge in [0, 0.05) is 6.07 Å². The SMILES string of the molecule is O=c1c2ccc(O)cc2oc2ccc3ccccc3c12. The standard InChI is InChI=1S/C17H10O3/c18-11-6-7-13-15(9-11)20-14-8-5-10-3-1-2-4-12(10)16(14)17(13)19/h1-9,18H. The van der Waals surface area contributed by atoms with Gasteiger partial charge in [0.05, 0.1) is 10.8 Å². The molecule has 3 nitrogen and oxygen atoms in total. The lowest BCUT2D eigenvalue weighted by atomic mass is 10.0. The van der Waals surface area contributed by atoms with Crippen LogP contribution >= 0.6 is 0 Å². The molecular formula is C17H10O3. The molecule has 4 aromatic rings. The van der Waals surface area contributed by atoms with Crippen LogP contribution in [0.1, 0.15) is 0 Å². The van der Waals surface area contributed by atoms with E-state index in [0.717, 1.165) is 10.8 Å². The summed E-state index contributed by atoms with van der Waals surface area (Å²) in [6.45, 7) is 0. The quantitative estimate of drug-likeness (QED) is 0.387. The number of phenols is 1. The molecule has 0 aliphatic heterocycles. The third-order valence-electron chi connectivity index (χ3n) is 3.55. The van der Waals surface area contributed by atoms with Crippen molar-refractivity contribution in [1.82, 2.24) is 0 Å². The van der Waals surface area contributed by atoms with Gasteiger partial charge in [0.2, 0.25) is 5.43 Å². The first-order valence-corrected chi connectivity index (χ1v) is 6.31. The Kier molecular flexibility index (Phi) is 2.12. The minimum atomic E-state index is -0.0712. The van der Waals surface area contributed by atoms with E-state index in [4.69, 9.17) is 4.42 Å². The maximum Gasteiger partial charge on any atom is 0.201 e. The second-order valence-corrected chi connectivity index (χ2v) is 4.77. The highest BCUT2D eigenvalue weighted by atomic mass is 16.3. The molecule has 0 saturated heterocycles. The van der Waals surface area contributed by atoms with Crippen LogP contribution in [-0.2, 0) is 0 Å². The van der Waals surface area contributed by atoms with Crippen molar-refractivity contribution in [3.05, 3.63) is 64.8 Å². The zero-order valence-electron chi connectivity index (χ0n) is 10.5. The summed E-state index contributed by atoms with van der Waals surface area (Å²) in [5.74, 6) is 0.0841. The van der Waals surface area contributed by atoms with Gasteiger partial charge < -0.3 is 9.52 Å². The Morgan fingerprint density at radius 3 is 2.60 bits per heavy atom. The first-order chi connectivity index (χ1) is 9.74. The molecule has 0 bridgehead atoms. The molecule has 0 aliphatic rings. The van der Waals surface area contributed by atoms with Gasteiger partial charge in [0.1, 0.15) is 16.9 Å². The number of hydrogen-bond acceptors (Lipinski definition) is 3. The number of phenolic OH excluding ortho intramolecular Hbond substituents is 1. The first kappa shape index (κ1) is 11.1. The average molecular weight is 262 g/mol. The zero-order chi connectivity index (χ0) is 13.7. The van der Waals surface area contributed by atoms with Gasteiger partial charge in [-0.05, 0) is 29.0 Å². The van der Waals surface area contributed by atoms with Crippen molar-refractivity contribution in [1.29, 1.82) is 0 Å². The average Bonchev–Trinajstić information content (AvgIpc) is 2.46. The Bertz CT molecular complexity index is 1030. The molecule has 96 valence electrons. The van der Waals surface area contributed by atoms with E-state index in [1.807, 2.05) is 30.3 Å². The van der Waals surface area contributed by atoms with Gasteiger partial charge in [-0.25, -0.2) is 0 Å². The topological polar surface area (TPSA) is 50.4 Å². The molecule has 1 heterocycles. The van der Waals surface area contributed by atoms with Gasteiger partial charge >= 0.3 is 0 Å². The maximum atomic E-state index is 12.7. The molecule has 0 spiro atoms. The van der Waals surface area contributed by atoms with Crippen LogP contribution in [0.15, 0.2) is 63.8 Å². The van der Waals surface area contributed by atoms with E-state index < -0.39 is 0 Å². The summed E-state index contributed by atoms with van der Waals surface area (Å²) in [5, 5.41) is 12.5. The fourth-order valence-electron chi connectivity index (χ4n) is 2.61. The fraction of sp³-hybridized carbons (Fsp3) is 0. The summed E-state index contributed by atoms with van der Waals surface area (Å²) in [6.07, 6.45) is 0. The Labute approximate surface area is 113 Å². The molecule has 0 aliphatic carbocycles. The molecule has 0 atom stereocenters. The smallest absolute Gasteiger partial charge is 0.201 e. The van der Waals surface area contributed by atoms with E-state index >= 15 is 0 Å². The van der Waals surface area contributed by atoms with Gasteiger partial charge in [-0.2, -0.15) is 0 Å². The highest BCUT2D eigenvalue weighted by Crippen LogP contribution is 2.27. The molecule has 1 aromatic heterocycles. The second kappa shape index (κ2) is 3.84. The van der Waals surface area contributed by atoms with Crippen LogP contribution in [0, 0.1) is 0 Å². The monoisotopic (exact) mass is 262 g/mol. The predicted octanol–water partition coefficient (Wildman–Crippen LogP) is 3.81. The van der Waals surface area contributed by atoms with E-state index in [0.29, 0.717) is 21.9 Å². The molecule has 20 heavy (non-hydrogen) atoms. The minimum Gasteiger partial charge on any atom is -0.508 e. The zero-order valence-corrected chi connectivity index (χ0v) is 10.5. The predicted molar refractivity (Wildman–Crippen MR) is 79.2 cm³/mol. The van der Waals surface area contributed by atoms with Crippen molar-refractivity contribution < 1.29 is 9.52 Å². The van der Waals surface area contributed by atoms with Crippen molar-refractivity contribution in [2.45, 2.75) is 0 Å². The number of aromatic hydroxyl groups is 1. The molecule has 3 heteroatoms. The Morgan fingerprint density at radius 2 is 1.70 bits per heavy atom. The lowest BCUT2D eigenvalue weighted by molar-refractivity contribution is 0.474. The fourth-order valence-corrected chi connectivity index (χ4v) is 2.61.